The summed E-state index contributed by atoms with van der Waals surface area (Å²) >= 11 is 0. The summed E-state index contributed by atoms with van der Waals surface area (Å²) in [6.45, 7) is 0.791. The Bertz CT molecular complexity index is 570. The van der Waals surface area contributed by atoms with Crippen molar-refractivity contribution in [3.63, 3.8) is 0 Å². The molecular weight excluding hydrogens is 327 g/mol. The molecule has 1 saturated heterocycles. The Morgan fingerprint density at radius 1 is 1.50 bits per heavy atom. The van der Waals surface area contributed by atoms with Gasteiger partial charge in [-0.1, -0.05) is 0 Å². The zero-order valence-electron chi connectivity index (χ0n) is 13.7. The van der Waals surface area contributed by atoms with Crippen LogP contribution in [-0.2, 0) is 22.2 Å². The number of hydrogen-bond acceptors (Lipinski definition) is 4. The van der Waals surface area contributed by atoms with E-state index in [0.717, 1.165) is 30.0 Å². The average molecular weight is 349 g/mol. The predicted molar refractivity (Wildman–Crippen MR) is 79.0 cm³/mol. The first-order valence-corrected chi connectivity index (χ1v) is 7.77. The molecular formula is C15H22F3N3O3. The second-order valence-corrected chi connectivity index (χ2v) is 6.16. The fraction of sp³-hybridized carbons (Fsp3) is 0.733. The van der Waals surface area contributed by atoms with Gasteiger partial charge in [-0.05, 0) is 19.3 Å². The van der Waals surface area contributed by atoms with Crippen LogP contribution in [0, 0.1) is 0 Å². The molecule has 1 aliphatic heterocycles. The van der Waals surface area contributed by atoms with Crippen LogP contribution in [0.5, 0.6) is 0 Å². The predicted octanol–water partition coefficient (Wildman–Crippen LogP) is 1.59. The molecule has 6 nitrogen and oxygen atoms in total. The highest BCUT2D eigenvalue weighted by atomic mass is 19.4. The van der Waals surface area contributed by atoms with Crippen molar-refractivity contribution in [3.05, 3.63) is 18.2 Å². The number of imidazole rings is 1. The van der Waals surface area contributed by atoms with E-state index >= 15 is 0 Å². The summed E-state index contributed by atoms with van der Waals surface area (Å²) in [4.78, 5) is 17.0. The highest BCUT2D eigenvalue weighted by Gasteiger charge is 2.58. The third-order valence-electron chi connectivity index (χ3n) is 4.24. The summed E-state index contributed by atoms with van der Waals surface area (Å²) < 4.78 is 46.8. The van der Waals surface area contributed by atoms with Gasteiger partial charge in [-0.2, -0.15) is 13.2 Å². The summed E-state index contributed by atoms with van der Waals surface area (Å²) in [6, 6.07) is 0. The van der Waals surface area contributed by atoms with Crippen molar-refractivity contribution in [2.45, 2.75) is 43.6 Å². The van der Waals surface area contributed by atoms with Gasteiger partial charge in [-0.15, -0.1) is 0 Å². The highest BCUT2D eigenvalue weighted by molar-refractivity contribution is 5.77. The molecule has 1 aromatic rings. The van der Waals surface area contributed by atoms with Crippen LogP contribution in [0.4, 0.5) is 13.2 Å². The van der Waals surface area contributed by atoms with E-state index in [9.17, 15) is 23.1 Å². The van der Waals surface area contributed by atoms with Crippen molar-refractivity contribution < 1.29 is 27.8 Å². The first-order valence-electron chi connectivity index (χ1n) is 7.77. The Labute approximate surface area is 138 Å². The average Bonchev–Trinajstić information content (AvgIpc) is 2.93. The lowest BCUT2D eigenvalue weighted by Crippen LogP contribution is -2.49. The number of aryl methyl sites for hydroxylation is 1. The van der Waals surface area contributed by atoms with Gasteiger partial charge in [0.2, 0.25) is 11.5 Å². The van der Waals surface area contributed by atoms with E-state index in [-0.39, 0.29) is 12.6 Å². The molecule has 0 aromatic carbocycles. The molecule has 2 unspecified atom stereocenters. The number of rotatable bonds is 5. The van der Waals surface area contributed by atoms with Gasteiger partial charge in [0.25, 0.3) is 0 Å². The van der Waals surface area contributed by atoms with Gasteiger partial charge in [0.15, 0.2) is 5.82 Å². The number of aromatic nitrogens is 2. The second kappa shape index (κ2) is 7.10. The molecule has 1 aliphatic rings. The summed E-state index contributed by atoms with van der Waals surface area (Å²) in [5.41, 5.74) is -3.33. The summed E-state index contributed by atoms with van der Waals surface area (Å²) in [5.74, 6) is -1.42. The van der Waals surface area contributed by atoms with Crippen LogP contribution in [0.3, 0.4) is 0 Å². The normalized spacial score (nSPS) is 21.3. The largest absolute Gasteiger partial charge is 0.425 e. The number of ether oxygens (including phenoxy) is 1. The van der Waals surface area contributed by atoms with Crippen LogP contribution >= 0.6 is 0 Å². The van der Waals surface area contributed by atoms with Crippen molar-refractivity contribution in [1.29, 1.82) is 0 Å². The maximum absolute atomic E-state index is 13.4. The van der Waals surface area contributed by atoms with Crippen molar-refractivity contribution in [1.82, 2.24) is 14.5 Å². The minimum atomic E-state index is -5.02. The SMILES string of the molecule is CN(CC1CCCCO1)C(=O)CC(O)(c1nccn1C)C(F)(F)F. The minimum absolute atomic E-state index is 0.181. The van der Waals surface area contributed by atoms with E-state index in [1.165, 1.54) is 25.2 Å². The Morgan fingerprint density at radius 3 is 2.71 bits per heavy atom. The third kappa shape index (κ3) is 3.89. The third-order valence-corrected chi connectivity index (χ3v) is 4.24. The molecule has 9 heteroatoms. The molecule has 136 valence electrons. The van der Waals surface area contributed by atoms with E-state index < -0.39 is 29.9 Å². The number of hydrogen-bond donors (Lipinski definition) is 1. The molecule has 2 rings (SSSR count). The molecule has 0 radical (unpaired) electrons. The van der Waals surface area contributed by atoms with Gasteiger partial charge in [0.05, 0.1) is 12.5 Å². The molecule has 1 aromatic heterocycles. The number of amides is 1. The monoisotopic (exact) mass is 349 g/mol. The Hall–Kier alpha value is -1.61. The molecule has 0 saturated carbocycles. The molecule has 2 atom stereocenters. The lowest BCUT2D eigenvalue weighted by molar-refractivity contribution is -0.271. The molecule has 2 heterocycles. The standard InChI is InChI=1S/C15H22F3N3O3/c1-20-7-6-19-13(20)14(23,15(16,17)18)9-12(22)21(2)10-11-5-3-4-8-24-11/h6-7,11,23H,3-5,8-10H2,1-2H3. The van der Waals surface area contributed by atoms with Crippen molar-refractivity contribution >= 4 is 5.91 Å². The van der Waals surface area contributed by atoms with Crippen molar-refractivity contribution in [3.8, 4) is 0 Å². The van der Waals surface area contributed by atoms with Crippen molar-refractivity contribution in [2.24, 2.45) is 7.05 Å². The van der Waals surface area contributed by atoms with Crippen LogP contribution in [0.25, 0.3) is 0 Å². The summed E-state index contributed by atoms with van der Waals surface area (Å²) in [6.07, 6.45) is -1.21. The van der Waals surface area contributed by atoms with Crippen molar-refractivity contribution in [2.75, 3.05) is 20.2 Å². The maximum atomic E-state index is 13.4. The van der Waals surface area contributed by atoms with Gasteiger partial charge in [0, 0.05) is 39.6 Å². The van der Waals surface area contributed by atoms with Gasteiger partial charge < -0.3 is 19.3 Å². The molecule has 1 N–H and O–H groups in total. The number of aliphatic hydroxyl groups is 1. The number of nitrogens with zero attached hydrogens (tertiary/aromatic N) is 3. The van der Waals surface area contributed by atoms with E-state index in [1.54, 1.807) is 0 Å². The van der Waals surface area contributed by atoms with Crippen LogP contribution in [-0.4, -0.2) is 57.9 Å². The highest BCUT2D eigenvalue weighted by Crippen LogP contribution is 2.41. The minimum Gasteiger partial charge on any atom is -0.376 e. The van der Waals surface area contributed by atoms with Gasteiger partial charge in [0.1, 0.15) is 0 Å². The quantitative estimate of drug-likeness (QED) is 0.877. The molecule has 1 fully saturated rings. The van der Waals surface area contributed by atoms with Crippen LogP contribution in [0.2, 0.25) is 0 Å². The van der Waals surface area contributed by atoms with Crippen LogP contribution in [0.1, 0.15) is 31.5 Å². The van der Waals surface area contributed by atoms with E-state index in [1.807, 2.05) is 0 Å². The molecule has 24 heavy (non-hydrogen) atoms. The van der Waals surface area contributed by atoms with Crippen LogP contribution in [0.15, 0.2) is 12.4 Å². The van der Waals surface area contributed by atoms with E-state index in [4.69, 9.17) is 4.74 Å². The first-order chi connectivity index (χ1) is 11.1. The Balaban J connectivity index is 2.11. The van der Waals surface area contributed by atoms with E-state index in [2.05, 4.69) is 4.98 Å². The first kappa shape index (κ1) is 18.7. The van der Waals surface area contributed by atoms with E-state index in [0.29, 0.717) is 6.61 Å². The fourth-order valence-electron chi connectivity index (χ4n) is 2.78. The number of carbonyl (C=O) groups excluding carboxylic acids is 1. The second-order valence-electron chi connectivity index (χ2n) is 6.16. The molecule has 0 aliphatic carbocycles. The fourth-order valence-corrected chi connectivity index (χ4v) is 2.78. The topological polar surface area (TPSA) is 67.6 Å². The van der Waals surface area contributed by atoms with Crippen LogP contribution < -0.4 is 0 Å². The van der Waals surface area contributed by atoms with Gasteiger partial charge in [-0.3, -0.25) is 4.79 Å². The Kier molecular flexibility index (Phi) is 5.54. The molecule has 1 amide bonds. The summed E-state index contributed by atoms with van der Waals surface area (Å²) in [7, 11) is 2.75. The smallest absolute Gasteiger partial charge is 0.376 e. The summed E-state index contributed by atoms with van der Waals surface area (Å²) in [5, 5.41) is 10.2. The van der Waals surface area contributed by atoms with Gasteiger partial charge in [-0.25, -0.2) is 4.98 Å². The van der Waals surface area contributed by atoms with Gasteiger partial charge >= 0.3 is 6.18 Å². The number of alkyl halides is 3. The maximum Gasteiger partial charge on any atom is 0.425 e. The molecule has 0 spiro atoms. The lowest BCUT2D eigenvalue weighted by Gasteiger charge is -2.32. The zero-order chi connectivity index (χ0) is 18.0. The lowest BCUT2D eigenvalue weighted by atomic mass is 9.96. The number of carbonyl (C=O) groups is 1. The number of halogens is 3. The number of likely N-dealkylation sites (N-methyl/N-ethyl adjacent to an activating group) is 1. The zero-order valence-corrected chi connectivity index (χ0v) is 13.7. The molecule has 0 bridgehead atoms. The Morgan fingerprint density at radius 2 is 2.21 bits per heavy atom.